The van der Waals surface area contributed by atoms with E-state index < -0.39 is 4.92 Å². The molecule has 0 fully saturated rings. The van der Waals surface area contributed by atoms with Crippen molar-refractivity contribution < 1.29 is 10.0 Å². The zero-order valence-electron chi connectivity index (χ0n) is 15.8. The number of halogens is 1. The largest absolute Gasteiger partial charge is 0.396 e. The van der Waals surface area contributed by atoms with Gasteiger partial charge in [-0.05, 0) is 37.2 Å². The van der Waals surface area contributed by atoms with Gasteiger partial charge in [-0.1, -0.05) is 26.0 Å². The standard InChI is InChI=1S/C18H30N4O3.HI/c1-4-19-18(21-13-16(8-9-23)10-14(2)3)20-12-15-6-5-7-17(11-15)22(24)25;/h5-7,11,14,16,23H,4,8-10,12-13H2,1-3H3,(H2,19,20,21);1H. The van der Waals surface area contributed by atoms with Crippen LogP contribution in [0.2, 0.25) is 0 Å². The minimum atomic E-state index is -0.401. The van der Waals surface area contributed by atoms with E-state index in [-0.39, 0.29) is 36.3 Å². The molecule has 0 amide bonds. The molecule has 0 saturated heterocycles. The average molecular weight is 478 g/mol. The Balaban J connectivity index is 0.00000625. The molecule has 1 aromatic carbocycles. The third kappa shape index (κ3) is 9.91. The molecule has 0 heterocycles. The molecule has 1 aromatic rings. The molecule has 7 nitrogen and oxygen atoms in total. The second kappa shape index (κ2) is 13.7. The monoisotopic (exact) mass is 478 g/mol. The Morgan fingerprint density at radius 1 is 1.35 bits per heavy atom. The number of non-ortho nitro benzene ring substituents is 1. The van der Waals surface area contributed by atoms with Crippen molar-refractivity contribution in [1.29, 1.82) is 0 Å². The smallest absolute Gasteiger partial charge is 0.269 e. The highest BCUT2D eigenvalue weighted by molar-refractivity contribution is 14.0. The van der Waals surface area contributed by atoms with E-state index in [1.807, 2.05) is 13.0 Å². The fraction of sp³-hybridized carbons (Fsp3) is 0.611. The van der Waals surface area contributed by atoms with Crippen LogP contribution in [0.4, 0.5) is 5.69 Å². The van der Waals surface area contributed by atoms with Crippen LogP contribution in [0.3, 0.4) is 0 Å². The molecule has 8 heteroatoms. The maximum atomic E-state index is 10.8. The van der Waals surface area contributed by atoms with Crippen molar-refractivity contribution in [2.75, 3.05) is 19.7 Å². The predicted octanol–water partition coefficient (Wildman–Crippen LogP) is 3.31. The van der Waals surface area contributed by atoms with Gasteiger partial charge in [-0.2, -0.15) is 0 Å². The van der Waals surface area contributed by atoms with Gasteiger partial charge in [-0.3, -0.25) is 10.1 Å². The Morgan fingerprint density at radius 3 is 2.65 bits per heavy atom. The Kier molecular flexibility index (Phi) is 13.0. The number of aliphatic imine (C=N–C) groups is 1. The zero-order chi connectivity index (χ0) is 18.7. The predicted molar refractivity (Wildman–Crippen MR) is 116 cm³/mol. The summed E-state index contributed by atoms with van der Waals surface area (Å²) < 4.78 is 0. The lowest BCUT2D eigenvalue weighted by Gasteiger charge is -2.20. The van der Waals surface area contributed by atoms with Crippen molar-refractivity contribution in [1.82, 2.24) is 10.6 Å². The number of aliphatic hydroxyl groups is 1. The number of guanidine groups is 1. The average Bonchev–Trinajstić information content (AvgIpc) is 2.57. The Labute approximate surface area is 172 Å². The van der Waals surface area contributed by atoms with Gasteiger partial charge in [0.2, 0.25) is 0 Å². The van der Waals surface area contributed by atoms with Crippen LogP contribution in [-0.4, -0.2) is 35.7 Å². The highest BCUT2D eigenvalue weighted by atomic mass is 127. The molecule has 0 aromatic heterocycles. The zero-order valence-corrected chi connectivity index (χ0v) is 18.1. The third-order valence-corrected chi connectivity index (χ3v) is 3.79. The van der Waals surface area contributed by atoms with Crippen LogP contribution in [0.15, 0.2) is 29.3 Å². The number of nitro benzene ring substituents is 1. The number of hydrogen-bond acceptors (Lipinski definition) is 4. The molecule has 1 unspecified atom stereocenters. The SMILES string of the molecule is CCNC(=NCc1cccc([N+](=O)[O-])c1)NCC(CCO)CC(C)C.I. The summed E-state index contributed by atoms with van der Waals surface area (Å²) in [5, 5.41) is 26.6. The second-order valence-electron chi connectivity index (χ2n) is 6.51. The Morgan fingerprint density at radius 2 is 2.08 bits per heavy atom. The number of nitro groups is 1. The fourth-order valence-corrected chi connectivity index (χ4v) is 2.67. The van der Waals surface area contributed by atoms with Gasteiger partial charge < -0.3 is 15.7 Å². The van der Waals surface area contributed by atoms with Gasteiger partial charge in [0.05, 0.1) is 11.5 Å². The molecule has 3 N–H and O–H groups in total. The van der Waals surface area contributed by atoms with E-state index in [2.05, 4.69) is 29.5 Å². The first-order chi connectivity index (χ1) is 12.0. The molecular weight excluding hydrogens is 447 g/mol. The third-order valence-electron chi connectivity index (χ3n) is 3.79. The van der Waals surface area contributed by atoms with E-state index >= 15 is 0 Å². The normalized spacial score (nSPS) is 12.4. The minimum Gasteiger partial charge on any atom is -0.396 e. The van der Waals surface area contributed by atoms with Crippen molar-refractivity contribution >= 4 is 35.6 Å². The second-order valence-corrected chi connectivity index (χ2v) is 6.51. The number of rotatable bonds is 10. The van der Waals surface area contributed by atoms with Crippen molar-refractivity contribution in [2.24, 2.45) is 16.8 Å². The van der Waals surface area contributed by atoms with Crippen molar-refractivity contribution in [3.63, 3.8) is 0 Å². The van der Waals surface area contributed by atoms with E-state index in [4.69, 9.17) is 0 Å². The lowest BCUT2D eigenvalue weighted by atomic mass is 9.94. The molecule has 1 atom stereocenters. The first kappa shape index (κ1) is 24.6. The van der Waals surface area contributed by atoms with Crippen LogP contribution >= 0.6 is 24.0 Å². The Hall–Kier alpha value is -1.42. The summed E-state index contributed by atoms with van der Waals surface area (Å²) in [5.74, 6) is 1.63. The first-order valence-corrected chi connectivity index (χ1v) is 8.82. The summed E-state index contributed by atoms with van der Waals surface area (Å²) in [6.07, 6.45) is 1.80. The highest BCUT2D eigenvalue weighted by Crippen LogP contribution is 2.15. The van der Waals surface area contributed by atoms with Crippen LogP contribution < -0.4 is 10.6 Å². The van der Waals surface area contributed by atoms with E-state index in [9.17, 15) is 15.2 Å². The molecular formula is C18H31IN4O3. The summed E-state index contributed by atoms with van der Waals surface area (Å²) >= 11 is 0. The molecule has 0 aliphatic rings. The van der Waals surface area contributed by atoms with Gasteiger partial charge in [-0.15, -0.1) is 24.0 Å². The summed E-state index contributed by atoms with van der Waals surface area (Å²) in [6, 6.07) is 6.51. The highest BCUT2D eigenvalue weighted by Gasteiger charge is 2.11. The van der Waals surface area contributed by atoms with Crippen molar-refractivity contribution in [3.8, 4) is 0 Å². The summed E-state index contributed by atoms with van der Waals surface area (Å²) in [6.45, 7) is 8.35. The first-order valence-electron chi connectivity index (χ1n) is 8.82. The van der Waals surface area contributed by atoms with Gasteiger partial charge in [0.1, 0.15) is 0 Å². The van der Waals surface area contributed by atoms with Gasteiger partial charge >= 0.3 is 0 Å². The molecule has 0 aliphatic carbocycles. The lowest BCUT2D eigenvalue weighted by molar-refractivity contribution is -0.384. The van der Waals surface area contributed by atoms with E-state index in [1.165, 1.54) is 6.07 Å². The van der Waals surface area contributed by atoms with Gasteiger partial charge in [0.25, 0.3) is 5.69 Å². The summed E-state index contributed by atoms with van der Waals surface area (Å²) in [5.41, 5.74) is 0.867. The van der Waals surface area contributed by atoms with Crippen molar-refractivity contribution in [2.45, 2.75) is 40.2 Å². The quantitative estimate of drug-likeness (QED) is 0.158. The molecule has 0 radical (unpaired) electrons. The number of benzene rings is 1. The number of nitrogens with one attached hydrogen (secondary N) is 2. The molecule has 0 aliphatic heterocycles. The van der Waals surface area contributed by atoms with Gasteiger partial charge in [0.15, 0.2) is 5.96 Å². The summed E-state index contributed by atoms with van der Waals surface area (Å²) in [7, 11) is 0. The number of hydrogen-bond donors (Lipinski definition) is 3. The van der Waals surface area contributed by atoms with Crippen LogP contribution in [0.1, 0.15) is 39.2 Å². The van der Waals surface area contributed by atoms with Crippen LogP contribution in [0, 0.1) is 22.0 Å². The van der Waals surface area contributed by atoms with E-state index in [0.29, 0.717) is 24.3 Å². The van der Waals surface area contributed by atoms with Crippen LogP contribution in [-0.2, 0) is 6.54 Å². The summed E-state index contributed by atoms with van der Waals surface area (Å²) in [4.78, 5) is 14.9. The van der Waals surface area contributed by atoms with Gasteiger partial charge in [0, 0.05) is 31.8 Å². The molecule has 0 bridgehead atoms. The lowest BCUT2D eigenvalue weighted by Crippen LogP contribution is -2.40. The molecule has 26 heavy (non-hydrogen) atoms. The Bertz CT molecular complexity index is 567. The molecule has 0 saturated carbocycles. The van der Waals surface area contributed by atoms with Crippen LogP contribution in [0.5, 0.6) is 0 Å². The van der Waals surface area contributed by atoms with Crippen LogP contribution in [0.25, 0.3) is 0 Å². The van der Waals surface area contributed by atoms with E-state index in [1.54, 1.807) is 12.1 Å². The van der Waals surface area contributed by atoms with E-state index in [0.717, 1.165) is 31.5 Å². The maximum Gasteiger partial charge on any atom is 0.269 e. The maximum absolute atomic E-state index is 10.8. The topological polar surface area (TPSA) is 99.8 Å². The molecule has 1 rings (SSSR count). The molecule has 148 valence electrons. The number of aliphatic hydroxyl groups excluding tert-OH is 1. The minimum absolute atomic E-state index is 0. The molecule has 0 spiro atoms. The fourth-order valence-electron chi connectivity index (χ4n) is 2.67. The van der Waals surface area contributed by atoms with Crippen molar-refractivity contribution in [3.05, 3.63) is 39.9 Å². The van der Waals surface area contributed by atoms with Gasteiger partial charge in [-0.25, -0.2) is 4.99 Å². The number of nitrogens with zero attached hydrogens (tertiary/aromatic N) is 2.